The highest BCUT2D eigenvalue weighted by molar-refractivity contribution is 5.57. The Balaban J connectivity index is 2.99. The van der Waals surface area contributed by atoms with Gasteiger partial charge < -0.3 is 15.2 Å². The molecule has 0 fully saturated rings. The maximum Gasteiger partial charge on any atom is 0.314 e. The number of phenolic OH excluding ortho intramolecular Hbond substituents is 1. The topological polar surface area (TPSA) is 84.6 Å². The third-order valence-corrected chi connectivity index (χ3v) is 2.42. The summed E-state index contributed by atoms with van der Waals surface area (Å²) in [6.07, 6.45) is 1.56. The van der Waals surface area contributed by atoms with Gasteiger partial charge in [0.25, 0.3) is 0 Å². The van der Waals surface area contributed by atoms with Crippen molar-refractivity contribution in [2.45, 2.75) is 12.8 Å². The van der Waals surface area contributed by atoms with Gasteiger partial charge in [-0.25, -0.2) is 0 Å². The van der Waals surface area contributed by atoms with Crippen LogP contribution in [0.2, 0.25) is 0 Å². The highest BCUT2D eigenvalue weighted by Crippen LogP contribution is 2.37. The maximum atomic E-state index is 10.7. The second-order valence-electron chi connectivity index (χ2n) is 3.63. The summed E-state index contributed by atoms with van der Waals surface area (Å²) in [6.45, 7) is 0.830. The molecule has 0 atom stereocenters. The molecule has 17 heavy (non-hydrogen) atoms. The number of nitro groups is 1. The normalized spacial score (nSPS) is 10.2. The first kappa shape index (κ1) is 13.2. The molecule has 1 aromatic carbocycles. The van der Waals surface area contributed by atoms with Crippen LogP contribution in [0.1, 0.15) is 12.0 Å². The highest BCUT2D eigenvalue weighted by atomic mass is 16.6. The van der Waals surface area contributed by atoms with E-state index in [2.05, 4.69) is 5.32 Å². The summed E-state index contributed by atoms with van der Waals surface area (Å²) in [4.78, 5) is 10.1. The lowest BCUT2D eigenvalue weighted by molar-refractivity contribution is -0.386. The van der Waals surface area contributed by atoms with Crippen molar-refractivity contribution in [3.63, 3.8) is 0 Å². The zero-order chi connectivity index (χ0) is 12.8. The van der Waals surface area contributed by atoms with Crippen molar-refractivity contribution < 1.29 is 14.8 Å². The van der Waals surface area contributed by atoms with E-state index in [1.807, 2.05) is 7.05 Å². The molecule has 1 rings (SSSR count). The fourth-order valence-electron chi connectivity index (χ4n) is 1.56. The Labute approximate surface area is 99.4 Å². The minimum Gasteiger partial charge on any atom is -0.500 e. The van der Waals surface area contributed by atoms with Crippen LogP contribution in [0.25, 0.3) is 0 Å². The molecule has 0 unspecified atom stereocenters. The lowest BCUT2D eigenvalue weighted by atomic mass is 10.1. The second-order valence-corrected chi connectivity index (χ2v) is 3.63. The van der Waals surface area contributed by atoms with Gasteiger partial charge in [0.2, 0.25) is 5.75 Å². The van der Waals surface area contributed by atoms with Crippen molar-refractivity contribution in [2.24, 2.45) is 0 Å². The monoisotopic (exact) mass is 240 g/mol. The standard InChI is InChI=1S/C11H16N2O4/c1-12-5-3-4-8-6-9(13(15)16)11(14)10(7-8)17-2/h6-7,12,14H,3-5H2,1-2H3. The van der Waals surface area contributed by atoms with Crippen LogP contribution >= 0.6 is 0 Å². The predicted octanol–water partition coefficient (Wildman–Crippen LogP) is 1.46. The quantitative estimate of drug-likeness (QED) is 0.446. The molecule has 0 saturated heterocycles. The summed E-state index contributed by atoms with van der Waals surface area (Å²) in [6, 6.07) is 3.01. The van der Waals surface area contributed by atoms with Crippen molar-refractivity contribution in [2.75, 3.05) is 20.7 Å². The number of methoxy groups -OCH3 is 1. The minimum absolute atomic E-state index is 0.138. The van der Waals surface area contributed by atoms with Crippen molar-refractivity contribution in [3.8, 4) is 11.5 Å². The average Bonchev–Trinajstić information content (AvgIpc) is 2.30. The molecule has 0 radical (unpaired) electrons. The lowest BCUT2D eigenvalue weighted by Gasteiger charge is -2.07. The first-order valence-corrected chi connectivity index (χ1v) is 5.29. The molecule has 0 bridgehead atoms. The van der Waals surface area contributed by atoms with Crippen LogP contribution in [0.5, 0.6) is 11.5 Å². The second kappa shape index (κ2) is 6.05. The van der Waals surface area contributed by atoms with Gasteiger partial charge in [0.05, 0.1) is 12.0 Å². The van der Waals surface area contributed by atoms with Gasteiger partial charge in [-0.3, -0.25) is 10.1 Å². The van der Waals surface area contributed by atoms with E-state index in [9.17, 15) is 15.2 Å². The van der Waals surface area contributed by atoms with E-state index in [4.69, 9.17) is 4.74 Å². The first-order valence-electron chi connectivity index (χ1n) is 5.29. The summed E-state index contributed by atoms with van der Waals surface area (Å²) in [7, 11) is 3.22. The van der Waals surface area contributed by atoms with Gasteiger partial charge in [0.1, 0.15) is 0 Å². The highest BCUT2D eigenvalue weighted by Gasteiger charge is 2.19. The number of nitrogens with zero attached hydrogens (tertiary/aromatic N) is 1. The Morgan fingerprint density at radius 2 is 2.24 bits per heavy atom. The van der Waals surface area contributed by atoms with Crippen LogP contribution in [0, 0.1) is 10.1 Å². The van der Waals surface area contributed by atoms with Crippen LogP contribution in [-0.2, 0) is 6.42 Å². The van der Waals surface area contributed by atoms with Crippen molar-refractivity contribution >= 4 is 5.69 Å². The molecule has 0 aliphatic heterocycles. The Bertz CT molecular complexity index is 407. The Morgan fingerprint density at radius 3 is 2.76 bits per heavy atom. The number of benzene rings is 1. The number of hydrogen-bond acceptors (Lipinski definition) is 5. The molecule has 6 nitrogen and oxygen atoms in total. The molecule has 94 valence electrons. The fraction of sp³-hybridized carbons (Fsp3) is 0.455. The maximum absolute atomic E-state index is 10.7. The lowest BCUT2D eigenvalue weighted by Crippen LogP contribution is -2.08. The van der Waals surface area contributed by atoms with Gasteiger partial charge in [-0.2, -0.15) is 0 Å². The number of phenols is 1. The number of hydrogen-bond donors (Lipinski definition) is 2. The molecule has 0 aliphatic carbocycles. The fourth-order valence-corrected chi connectivity index (χ4v) is 1.56. The van der Waals surface area contributed by atoms with Gasteiger partial charge in [-0.05, 0) is 38.1 Å². The van der Waals surface area contributed by atoms with Crippen molar-refractivity contribution in [3.05, 3.63) is 27.8 Å². The number of ether oxygens (including phenoxy) is 1. The summed E-state index contributed by atoms with van der Waals surface area (Å²) < 4.78 is 4.91. The molecular formula is C11H16N2O4. The number of rotatable bonds is 6. The number of aryl methyl sites for hydroxylation is 1. The SMILES string of the molecule is CNCCCc1cc(OC)c(O)c([N+](=O)[O-])c1. The van der Waals surface area contributed by atoms with Crippen LogP contribution in [0.15, 0.2) is 12.1 Å². The summed E-state index contributed by atoms with van der Waals surface area (Å²) in [5.74, 6) is -0.284. The van der Waals surface area contributed by atoms with Gasteiger partial charge in [0.15, 0.2) is 5.75 Å². The van der Waals surface area contributed by atoms with Crippen molar-refractivity contribution in [1.82, 2.24) is 5.32 Å². The van der Waals surface area contributed by atoms with E-state index in [1.165, 1.54) is 13.2 Å². The minimum atomic E-state index is -0.612. The molecule has 6 heteroatoms. The van der Waals surface area contributed by atoms with Gasteiger partial charge >= 0.3 is 5.69 Å². The van der Waals surface area contributed by atoms with Gasteiger partial charge in [-0.15, -0.1) is 0 Å². The number of nitro benzene ring substituents is 1. The first-order chi connectivity index (χ1) is 8.10. The summed E-state index contributed by atoms with van der Waals surface area (Å²) in [5.41, 5.74) is 0.463. The van der Waals surface area contributed by atoms with Crippen LogP contribution < -0.4 is 10.1 Å². The van der Waals surface area contributed by atoms with Crippen LogP contribution in [0.4, 0.5) is 5.69 Å². The van der Waals surface area contributed by atoms with E-state index < -0.39 is 10.7 Å². The van der Waals surface area contributed by atoms with E-state index in [-0.39, 0.29) is 11.4 Å². The predicted molar refractivity (Wildman–Crippen MR) is 63.6 cm³/mol. The zero-order valence-corrected chi connectivity index (χ0v) is 9.90. The number of nitrogens with one attached hydrogen (secondary N) is 1. The van der Waals surface area contributed by atoms with E-state index in [1.54, 1.807) is 6.07 Å². The van der Waals surface area contributed by atoms with Crippen LogP contribution in [0.3, 0.4) is 0 Å². The Kier molecular flexibility index (Phi) is 4.71. The molecule has 0 saturated carbocycles. The molecule has 0 spiro atoms. The van der Waals surface area contributed by atoms with Gasteiger partial charge in [0, 0.05) is 6.07 Å². The Hall–Kier alpha value is -1.82. The molecular weight excluding hydrogens is 224 g/mol. The Morgan fingerprint density at radius 1 is 1.53 bits per heavy atom. The molecule has 0 aliphatic rings. The average molecular weight is 240 g/mol. The van der Waals surface area contributed by atoms with E-state index >= 15 is 0 Å². The third kappa shape index (κ3) is 3.32. The summed E-state index contributed by atoms with van der Waals surface area (Å²) >= 11 is 0. The number of aromatic hydroxyl groups is 1. The molecule has 0 aromatic heterocycles. The zero-order valence-electron chi connectivity index (χ0n) is 9.90. The molecule has 0 amide bonds. The van der Waals surface area contributed by atoms with E-state index in [0.29, 0.717) is 6.42 Å². The molecule has 2 N–H and O–H groups in total. The van der Waals surface area contributed by atoms with Crippen LogP contribution in [-0.4, -0.2) is 30.7 Å². The molecule has 0 heterocycles. The largest absolute Gasteiger partial charge is 0.500 e. The van der Waals surface area contributed by atoms with Crippen molar-refractivity contribution in [1.29, 1.82) is 0 Å². The van der Waals surface area contributed by atoms with E-state index in [0.717, 1.165) is 18.5 Å². The third-order valence-electron chi connectivity index (χ3n) is 2.42. The molecule has 1 aromatic rings. The smallest absolute Gasteiger partial charge is 0.314 e. The summed E-state index contributed by atoms with van der Waals surface area (Å²) in [5, 5.41) is 23.3. The van der Waals surface area contributed by atoms with Gasteiger partial charge in [-0.1, -0.05) is 0 Å².